The molecule has 0 aromatic heterocycles. The first-order valence-electron chi connectivity index (χ1n) is 11.4. The first kappa shape index (κ1) is 27.6. The van der Waals surface area contributed by atoms with Crippen molar-refractivity contribution in [3.63, 3.8) is 0 Å². The van der Waals surface area contributed by atoms with Gasteiger partial charge in [-0.15, -0.1) is 6.58 Å². The van der Waals surface area contributed by atoms with Crippen LogP contribution < -0.4 is 5.19 Å². The molecule has 2 atom stereocenters. The third-order valence-electron chi connectivity index (χ3n) is 4.79. The summed E-state index contributed by atoms with van der Waals surface area (Å²) in [5.41, 5.74) is 1.79. The van der Waals surface area contributed by atoms with E-state index in [2.05, 4.69) is 90.2 Å². The summed E-state index contributed by atoms with van der Waals surface area (Å²) in [5.74, 6) is 0. The zero-order chi connectivity index (χ0) is 24.3. The summed E-state index contributed by atoms with van der Waals surface area (Å²) in [6, 6.07) is 10.2. The van der Waals surface area contributed by atoms with E-state index in [4.69, 9.17) is 21.5 Å². The van der Waals surface area contributed by atoms with Crippen molar-refractivity contribution in [1.29, 1.82) is 0 Å². The van der Waals surface area contributed by atoms with Gasteiger partial charge in [-0.1, -0.05) is 48.2 Å². The number of hydrogen-bond acceptors (Lipinski definition) is 5. The van der Waals surface area contributed by atoms with Gasteiger partial charge in [-0.3, -0.25) is 0 Å². The fourth-order valence-corrected chi connectivity index (χ4v) is 18.4. The molecule has 5 nitrogen and oxygen atoms in total. The summed E-state index contributed by atoms with van der Waals surface area (Å²) in [6.07, 6.45) is 4.94. The molecule has 2 rings (SSSR count). The molecular weight excluding hydrogens is 469 g/mol. The van der Waals surface area contributed by atoms with Gasteiger partial charge in [0.25, 0.3) is 0 Å². The Bertz CT molecular complexity index is 785. The lowest BCUT2D eigenvalue weighted by molar-refractivity contribution is 0.0400. The molecule has 0 amide bonds. The summed E-state index contributed by atoms with van der Waals surface area (Å²) in [5, 5.41) is 0.991. The average Bonchev–Trinajstić information content (AvgIpc) is 3.45. The molecule has 9 heteroatoms. The largest absolute Gasteiger partial charge is 0.507 e. The van der Waals surface area contributed by atoms with Crippen LogP contribution in [0.15, 0.2) is 54.8 Å². The highest BCUT2D eigenvalue weighted by atomic mass is 28.5. The van der Waals surface area contributed by atoms with E-state index in [1.807, 2.05) is 24.3 Å². The van der Waals surface area contributed by atoms with Crippen molar-refractivity contribution in [2.75, 3.05) is 6.61 Å². The highest BCUT2D eigenvalue weighted by molar-refractivity contribution is 6.96. The minimum absolute atomic E-state index is 0.108. The van der Waals surface area contributed by atoms with Crippen molar-refractivity contribution >= 4 is 39.2 Å². The quantitative estimate of drug-likeness (QED) is 0.199. The van der Waals surface area contributed by atoms with Gasteiger partial charge < -0.3 is 21.5 Å². The van der Waals surface area contributed by atoms with Crippen molar-refractivity contribution in [2.24, 2.45) is 0 Å². The van der Waals surface area contributed by atoms with E-state index in [0.717, 1.165) is 18.2 Å². The van der Waals surface area contributed by atoms with Crippen LogP contribution in [0.1, 0.15) is 20.3 Å². The van der Waals surface area contributed by atoms with Gasteiger partial charge in [0.05, 0.1) is 12.2 Å². The van der Waals surface area contributed by atoms with E-state index in [1.54, 1.807) is 0 Å². The predicted molar refractivity (Wildman–Crippen MR) is 142 cm³/mol. The molecule has 2 unspecified atom stereocenters. The van der Waals surface area contributed by atoms with Crippen molar-refractivity contribution in [3.05, 3.63) is 54.8 Å². The molecule has 0 spiro atoms. The lowest BCUT2D eigenvalue weighted by Gasteiger charge is -2.44. The van der Waals surface area contributed by atoms with Crippen molar-refractivity contribution < 1.29 is 21.5 Å². The Morgan fingerprint density at radius 1 is 1.00 bits per heavy atom. The SMILES string of the molecule is C=CC/C=C/[Si](C)(C)O[Si](O[Si](C)(C)C)(O[Si](C)(C)OC(C)(C)C1CO1)c1ccccc1. The molecule has 0 bridgehead atoms. The predicted octanol–water partition coefficient (Wildman–Crippen LogP) is 5.49. The number of hydrogen-bond donors (Lipinski definition) is 0. The minimum atomic E-state index is -3.31. The first-order valence-corrected chi connectivity index (χ1v) is 22.3. The van der Waals surface area contributed by atoms with Crippen LogP contribution in [0.5, 0.6) is 0 Å². The third kappa shape index (κ3) is 8.62. The van der Waals surface area contributed by atoms with E-state index in [0.29, 0.717) is 0 Å². The highest BCUT2D eigenvalue weighted by Gasteiger charge is 2.56. The van der Waals surface area contributed by atoms with Crippen LogP contribution in [-0.2, 0) is 21.5 Å². The number of allylic oxidation sites excluding steroid dienone is 2. The van der Waals surface area contributed by atoms with Crippen LogP contribution in [-0.4, -0.2) is 52.3 Å². The molecule has 180 valence electrons. The maximum Gasteiger partial charge on any atom is 0.507 e. The average molecular weight is 511 g/mol. The Morgan fingerprint density at radius 3 is 2.09 bits per heavy atom. The second kappa shape index (κ2) is 10.3. The second-order valence-corrected chi connectivity index (χ2v) is 25.7. The van der Waals surface area contributed by atoms with Crippen molar-refractivity contribution in [1.82, 2.24) is 0 Å². The molecule has 1 aromatic rings. The molecule has 1 saturated heterocycles. The summed E-state index contributed by atoms with van der Waals surface area (Å²) in [4.78, 5) is 0. The topological polar surface area (TPSA) is 49.5 Å². The van der Waals surface area contributed by atoms with Gasteiger partial charge >= 0.3 is 17.4 Å². The van der Waals surface area contributed by atoms with Gasteiger partial charge in [-0.2, -0.15) is 0 Å². The molecule has 1 aliphatic heterocycles. The molecule has 1 aromatic carbocycles. The monoisotopic (exact) mass is 510 g/mol. The maximum absolute atomic E-state index is 7.03. The Morgan fingerprint density at radius 2 is 1.59 bits per heavy atom. The van der Waals surface area contributed by atoms with Crippen molar-refractivity contribution in [2.45, 2.75) is 77.8 Å². The first-order chi connectivity index (χ1) is 14.6. The van der Waals surface area contributed by atoms with E-state index in [9.17, 15) is 0 Å². The van der Waals surface area contributed by atoms with Crippen molar-refractivity contribution in [3.8, 4) is 0 Å². The van der Waals surface area contributed by atoms with Crippen LogP contribution in [0.3, 0.4) is 0 Å². The highest BCUT2D eigenvalue weighted by Crippen LogP contribution is 2.33. The Hall–Kier alpha value is -0.632. The van der Waals surface area contributed by atoms with Gasteiger partial charge in [-0.25, -0.2) is 0 Å². The van der Waals surface area contributed by atoms with E-state index >= 15 is 0 Å². The smallest absolute Gasteiger partial charge is 0.414 e. The van der Waals surface area contributed by atoms with Gasteiger partial charge in [0.1, 0.15) is 6.10 Å². The molecule has 0 aliphatic carbocycles. The minimum Gasteiger partial charge on any atom is -0.414 e. The van der Waals surface area contributed by atoms with Crippen LogP contribution >= 0.6 is 0 Å². The van der Waals surface area contributed by atoms with E-state index in [1.165, 1.54) is 0 Å². The van der Waals surface area contributed by atoms with Crippen LogP contribution in [0.2, 0.25) is 45.8 Å². The van der Waals surface area contributed by atoms with Gasteiger partial charge in [0.2, 0.25) is 8.32 Å². The Labute approximate surface area is 199 Å². The van der Waals surface area contributed by atoms with E-state index in [-0.39, 0.29) is 6.10 Å². The molecule has 1 aliphatic rings. The number of rotatable bonds is 13. The van der Waals surface area contributed by atoms with Crippen LogP contribution in [0.25, 0.3) is 0 Å². The molecule has 0 saturated carbocycles. The number of benzene rings is 1. The lowest BCUT2D eigenvalue weighted by Crippen LogP contribution is -2.69. The van der Waals surface area contributed by atoms with Gasteiger partial charge in [0.15, 0.2) is 8.32 Å². The van der Waals surface area contributed by atoms with Gasteiger partial charge in [0, 0.05) is 5.19 Å². The summed E-state index contributed by atoms with van der Waals surface area (Å²) in [7, 11) is -10.3. The summed E-state index contributed by atoms with van der Waals surface area (Å²) >= 11 is 0. The summed E-state index contributed by atoms with van der Waals surface area (Å²) < 4.78 is 33.1. The zero-order valence-electron chi connectivity index (χ0n) is 21.4. The lowest BCUT2D eigenvalue weighted by atomic mass is 10.1. The summed E-state index contributed by atoms with van der Waals surface area (Å²) in [6.45, 7) is 23.8. The maximum atomic E-state index is 7.03. The number of ether oxygens (including phenoxy) is 1. The Balaban J connectivity index is 2.50. The zero-order valence-corrected chi connectivity index (χ0v) is 25.4. The van der Waals surface area contributed by atoms with Crippen LogP contribution in [0.4, 0.5) is 0 Å². The normalized spacial score (nSPS) is 19.7. The molecule has 32 heavy (non-hydrogen) atoms. The standard InChI is InChI=1S/C23H42O5Si4/c1-11-12-16-19-30(7,8)27-32(26-29(4,5)6,21-17-14-13-15-18-21)28-31(9,10)25-23(2,3)22-20-24-22/h11,13-19,22H,1,12,20H2,2-10H3/b19-16+. The van der Waals surface area contributed by atoms with E-state index < -0.39 is 39.6 Å². The van der Waals surface area contributed by atoms with Gasteiger partial charge in [-0.05, 0) is 66.1 Å². The van der Waals surface area contributed by atoms with Crippen LogP contribution in [0, 0.1) is 0 Å². The second-order valence-electron chi connectivity index (χ2n) is 10.8. The molecule has 0 N–H and O–H groups in total. The Kier molecular flexibility index (Phi) is 8.91. The molecule has 1 fully saturated rings. The molecular formula is C23H42O5Si4. The fraction of sp³-hybridized carbons (Fsp3) is 0.565. The number of epoxide rings is 1. The molecule has 1 heterocycles. The fourth-order valence-electron chi connectivity index (χ4n) is 3.61. The molecule has 0 radical (unpaired) electrons. The third-order valence-corrected chi connectivity index (χ3v) is 17.6.